The second kappa shape index (κ2) is 5.70. The summed E-state index contributed by atoms with van der Waals surface area (Å²) in [4.78, 5) is 11.5. The third-order valence-corrected chi connectivity index (χ3v) is 3.42. The maximum absolute atomic E-state index is 11.5. The molecule has 98 valence electrons. The lowest BCUT2D eigenvalue weighted by Gasteiger charge is -2.14. The number of carboxylic acids is 1. The van der Waals surface area contributed by atoms with Gasteiger partial charge in [-0.05, 0) is 37.0 Å². The van der Waals surface area contributed by atoms with Gasteiger partial charge in [0.25, 0.3) is 0 Å². The highest BCUT2D eigenvalue weighted by Gasteiger charge is 2.20. The molecule has 1 N–H and O–H groups in total. The molecule has 2 rings (SSSR count). The average molecular weight is 254 g/mol. The van der Waals surface area contributed by atoms with E-state index in [-0.39, 0.29) is 0 Å². The first-order chi connectivity index (χ1) is 9.08. The van der Waals surface area contributed by atoms with Crippen LogP contribution in [-0.2, 0) is 11.2 Å². The lowest BCUT2D eigenvalue weighted by Crippen LogP contribution is -2.15. The van der Waals surface area contributed by atoms with E-state index in [9.17, 15) is 9.90 Å². The third-order valence-electron chi connectivity index (χ3n) is 3.42. The van der Waals surface area contributed by atoms with Crippen molar-refractivity contribution in [2.24, 2.45) is 0 Å². The van der Waals surface area contributed by atoms with Crippen molar-refractivity contribution in [2.45, 2.75) is 26.2 Å². The summed E-state index contributed by atoms with van der Waals surface area (Å²) in [5.41, 5.74) is 4.31. The van der Waals surface area contributed by atoms with Crippen molar-refractivity contribution in [1.29, 1.82) is 0 Å². The number of aryl methyl sites for hydroxylation is 2. The summed E-state index contributed by atoms with van der Waals surface area (Å²) in [5, 5.41) is 9.43. The van der Waals surface area contributed by atoms with Crippen LogP contribution < -0.4 is 0 Å². The van der Waals surface area contributed by atoms with Crippen molar-refractivity contribution in [3.8, 4) is 0 Å². The van der Waals surface area contributed by atoms with Crippen molar-refractivity contribution in [1.82, 2.24) is 0 Å². The Morgan fingerprint density at radius 2 is 1.79 bits per heavy atom. The van der Waals surface area contributed by atoms with Gasteiger partial charge in [-0.1, -0.05) is 54.1 Å². The average Bonchev–Trinajstić information content (AvgIpc) is 2.38. The fourth-order valence-electron chi connectivity index (χ4n) is 2.33. The van der Waals surface area contributed by atoms with E-state index in [0.717, 1.165) is 16.7 Å². The summed E-state index contributed by atoms with van der Waals surface area (Å²) in [6.45, 7) is 4.08. The van der Waals surface area contributed by atoms with E-state index >= 15 is 0 Å². The van der Waals surface area contributed by atoms with Crippen LogP contribution in [0.1, 0.15) is 28.2 Å². The van der Waals surface area contributed by atoms with E-state index in [2.05, 4.69) is 6.07 Å². The highest BCUT2D eigenvalue weighted by atomic mass is 16.4. The molecule has 1 unspecified atom stereocenters. The Hall–Kier alpha value is -2.09. The first-order valence-electron chi connectivity index (χ1n) is 6.42. The molecule has 2 heteroatoms. The minimum absolute atomic E-state index is 0.484. The summed E-state index contributed by atoms with van der Waals surface area (Å²) in [7, 11) is 0. The molecule has 1 atom stereocenters. The van der Waals surface area contributed by atoms with Crippen molar-refractivity contribution >= 4 is 5.97 Å². The summed E-state index contributed by atoms with van der Waals surface area (Å²) in [6, 6.07) is 15.6. The largest absolute Gasteiger partial charge is 0.481 e. The molecule has 0 heterocycles. The fourth-order valence-corrected chi connectivity index (χ4v) is 2.33. The number of rotatable bonds is 4. The summed E-state index contributed by atoms with van der Waals surface area (Å²) in [6.07, 6.45) is 0.533. The number of hydrogen-bond acceptors (Lipinski definition) is 1. The van der Waals surface area contributed by atoms with Crippen LogP contribution in [-0.4, -0.2) is 11.1 Å². The second-order valence-electron chi connectivity index (χ2n) is 4.94. The highest BCUT2D eigenvalue weighted by Crippen LogP contribution is 2.23. The minimum Gasteiger partial charge on any atom is -0.481 e. The normalized spacial score (nSPS) is 12.1. The zero-order chi connectivity index (χ0) is 13.8. The van der Waals surface area contributed by atoms with Crippen LogP contribution in [0.3, 0.4) is 0 Å². The Morgan fingerprint density at radius 1 is 1.11 bits per heavy atom. The SMILES string of the molecule is Cc1ccc(CC(C(=O)O)c2ccccc2)c(C)c1. The van der Waals surface area contributed by atoms with Crippen LogP contribution in [0.2, 0.25) is 0 Å². The molecule has 0 saturated carbocycles. The van der Waals surface area contributed by atoms with Gasteiger partial charge >= 0.3 is 5.97 Å². The van der Waals surface area contributed by atoms with Crippen LogP contribution in [0.5, 0.6) is 0 Å². The van der Waals surface area contributed by atoms with Crippen molar-refractivity contribution in [3.05, 3.63) is 70.8 Å². The van der Waals surface area contributed by atoms with Gasteiger partial charge in [-0.2, -0.15) is 0 Å². The maximum atomic E-state index is 11.5. The minimum atomic E-state index is -0.772. The third kappa shape index (κ3) is 3.22. The topological polar surface area (TPSA) is 37.3 Å². The Kier molecular flexibility index (Phi) is 4.00. The van der Waals surface area contributed by atoms with E-state index in [1.165, 1.54) is 5.56 Å². The van der Waals surface area contributed by atoms with Crippen LogP contribution >= 0.6 is 0 Å². The number of benzene rings is 2. The number of hydrogen-bond donors (Lipinski definition) is 1. The van der Waals surface area contributed by atoms with Gasteiger partial charge in [0.2, 0.25) is 0 Å². The Morgan fingerprint density at radius 3 is 2.37 bits per heavy atom. The second-order valence-corrected chi connectivity index (χ2v) is 4.94. The van der Waals surface area contributed by atoms with Crippen molar-refractivity contribution in [3.63, 3.8) is 0 Å². The summed E-state index contributed by atoms with van der Waals surface area (Å²) < 4.78 is 0. The van der Waals surface area contributed by atoms with Crippen molar-refractivity contribution in [2.75, 3.05) is 0 Å². The number of carboxylic acid groups (broad SMARTS) is 1. The van der Waals surface area contributed by atoms with Gasteiger partial charge in [0.1, 0.15) is 0 Å². The standard InChI is InChI=1S/C17H18O2/c1-12-8-9-15(13(2)10-12)11-16(17(18)19)14-6-4-3-5-7-14/h3-10,16H,11H2,1-2H3,(H,18,19). The molecule has 0 saturated heterocycles. The lowest BCUT2D eigenvalue weighted by molar-refractivity contribution is -0.138. The Bertz CT molecular complexity index is 573. The molecule has 19 heavy (non-hydrogen) atoms. The molecule has 2 nitrogen and oxygen atoms in total. The fraction of sp³-hybridized carbons (Fsp3) is 0.235. The maximum Gasteiger partial charge on any atom is 0.311 e. The van der Waals surface area contributed by atoms with Crippen LogP contribution in [0.4, 0.5) is 0 Å². The van der Waals surface area contributed by atoms with Crippen LogP contribution in [0, 0.1) is 13.8 Å². The van der Waals surface area contributed by atoms with E-state index in [1.807, 2.05) is 56.3 Å². The molecule has 0 bridgehead atoms. The lowest BCUT2D eigenvalue weighted by atomic mass is 9.90. The van der Waals surface area contributed by atoms with E-state index < -0.39 is 11.9 Å². The molecular weight excluding hydrogens is 236 g/mol. The molecule has 2 aromatic rings. The smallest absolute Gasteiger partial charge is 0.311 e. The van der Waals surface area contributed by atoms with Gasteiger partial charge in [-0.25, -0.2) is 0 Å². The molecule has 0 spiro atoms. The number of carbonyl (C=O) groups is 1. The Labute approximate surface area is 113 Å². The van der Waals surface area contributed by atoms with Gasteiger partial charge in [0.05, 0.1) is 5.92 Å². The van der Waals surface area contributed by atoms with E-state index in [1.54, 1.807) is 0 Å². The zero-order valence-corrected chi connectivity index (χ0v) is 11.3. The predicted molar refractivity (Wildman–Crippen MR) is 76.4 cm³/mol. The molecule has 0 aliphatic carbocycles. The summed E-state index contributed by atoms with van der Waals surface area (Å²) >= 11 is 0. The van der Waals surface area contributed by atoms with Gasteiger partial charge in [-0.15, -0.1) is 0 Å². The zero-order valence-electron chi connectivity index (χ0n) is 11.3. The van der Waals surface area contributed by atoms with Gasteiger partial charge in [0.15, 0.2) is 0 Å². The molecule has 0 aliphatic heterocycles. The van der Waals surface area contributed by atoms with E-state index in [0.29, 0.717) is 6.42 Å². The molecule has 0 aromatic heterocycles. The molecule has 0 fully saturated rings. The highest BCUT2D eigenvalue weighted by molar-refractivity contribution is 5.76. The predicted octanol–water partition coefficient (Wildman–Crippen LogP) is 3.71. The summed E-state index contributed by atoms with van der Waals surface area (Å²) in [5.74, 6) is -1.26. The van der Waals surface area contributed by atoms with Gasteiger partial charge in [-0.3, -0.25) is 4.79 Å². The monoisotopic (exact) mass is 254 g/mol. The molecule has 0 aliphatic rings. The van der Waals surface area contributed by atoms with Crippen LogP contribution in [0.25, 0.3) is 0 Å². The van der Waals surface area contributed by atoms with E-state index in [4.69, 9.17) is 0 Å². The molecule has 0 amide bonds. The van der Waals surface area contributed by atoms with Crippen molar-refractivity contribution < 1.29 is 9.90 Å². The first-order valence-corrected chi connectivity index (χ1v) is 6.42. The number of aliphatic carboxylic acids is 1. The molecule has 2 aromatic carbocycles. The molecule has 0 radical (unpaired) electrons. The van der Waals surface area contributed by atoms with Gasteiger partial charge < -0.3 is 5.11 Å². The quantitative estimate of drug-likeness (QED) is 0.903. The first kappa shape index (κ1) is 13.3. The molecular formula is C17H18O2. The van der Waals surface area contributed by atoms with Gasteiger partial charge in [0, 0.05) is 0 Å². The van der Waals surface area contributed by atoms with Crippen LogP contribution in [0.15, 0.2) is 48.5 Å². The Balaban J connectivity index is 2.29.